The second-order valence-corrected chi connectivity index (χ2v) is 7.37. The lowest BCUT2D eigenvalue weighted by molar-refractivity contribution is -0.384. The van der Waals surface area contributed by atoms with E-state index in [4.69, 9.17) is 25.5 Å². The number of nitrogens with zero attached hydrogens (tertiary/aromatic N) is 1. The minimum Gasteiger partial charge on any atom is -0.460 e. The first kappa shape index (κ1) is 22.0. The van der Waals surface area contributed by atoms with Crippen molar-refractivity contribution in [2.45, 2.75) is 13.3 Å². The molecule has 0 N–H and O–H groups in total. The molecule has 0 radical (unpaired) electrons. The van der Waals surface area contributed by atoms with E-state index in [1.54, 1.807) is 6.07 Å². The summed E-state index contributed by atoms with van der Waals surface area (Å²) in [5.41, 5.74) is 0.476. The molecule has 0 fully saturated rings. The number of nitro benzene ring substituents is 1. The molecule has 1 aromatic heterocycles. The number of halogens is 1. The Morgan fingerprint density at radius 2 is 1.88 bits per heavy atom. The lowest BCUT2D eigenvalue weighted by atomic mass is 10.1. The highest BCUT2D eigenvalue weighted by Crippen LogP contribution is 2.28. The van der Waals surface area contributed by atoms with E-state index in [0.717, 1.165) is 24.1 Å². The summed E-state index contributed by atoms with van der Waals surface area (Å²) in [5.74, 6) is -0.106. The molecule has 8 nitrogen and oxygen atoms in total. The standard InChI is InChI=1S/C24H16ClNO7/c1-2-14-5-3-4-6-20(14)33-22-13-31-21-12-16(8-10-18(21)23(22)27)32-24(28)17-9-7-15(26(29)30)11-19(17)25/h3-13H,2H2,1H3. The maximum Gasteiger partial charge on any atom is 0.345 e. The Morgan fingerprint density at radius 1 is 1.09 bits per heavy atom. The fourth-order valence-electron chi connectivity index (χ4n) is 3.18. The molecule has 0 saturated carbocycles. The highest BCUT2D eigenvalue weighted by atomic mass is 35.5. The Bertz CT molecular complexity index is 1440. The number of fused-ring (bicyclic) bond motifs is 1. The van der Waals surface area contributed by atoms with E-state index >= 15 is 0 Å². The van der Waals surface area contributed by atoms with Gasteiger partial charge in [-0.25, -0.2) is 4.79 Å². The van der Waals surface area contributed by atoms with Crippen molar-refractivity contribution in [3.63, 3.8) is 0 Å². The van der Waals surface area contributed by atoms with Gasteiger partial charge in [-0.15, -0.1) is 0 Å². The Labute approximate surface area is 192 Å². The molecule has 4 aromatic rings. The second-order valence-electron chi connectivity index (χ2n) is 6.96. The van der Waals surface area contributed by atoms with Gasteiger partial charge in [0, 0.05) is 18.2 Å². The van der Waals surface area contributed by atoms with Gasteiger partial charge < -0.3 is 13.9 Å². The fraction of sp³-hybridized carbons (Fsp3) is 0.0833. The molecule has 9 heteroatoms. The zero-order chi connectivity index (χ0) is 23.5. The second kappa shape index (κ2) is 9.13. The summed E-state index contributed by atoms with van der Waals surface area (Å²) in [6.45, 7) is 1.98. The maximum atomic E-state index is 12.9. The molecule has 0 atom stereocenters. The Balaban J connectivity index is 1.59. The van der Waals surface area contributed by atoms with Gasteiger partial charge in [-0.1, -0.05) is 36.7 Å². The van der Waals surface area contributed by atoms with Gasteiger partial charge >= 0.3 is 5.97 Å². The van der Waals surface area contributed by atoms with Crippen molar-refractivity contribution in [2.24, 2.45) is 0 Å². The lowest BCUT2D eigenvalue weighted by Crippen LogP contribution is -2.10. The average molecular weight is 466 g/mol. The zero-order valence-electron chi connectivity index (χ0n) is 17.2. The number of hydrogen-bond donors (Lipinski definition) is 0. The number of nitro groups is 1. The number of esters is 1. The van der Waals surface area contributed by atoms with Crippen molar-refractivity contribution in [1.29, 1.82) is 0 Å². The van der Waals surface area contributed by atoms with Crippen molar-refractivity contribution < 1.29 is 23.6 Å². The molecule has 4 rings (SSSR count). The third-order valence-electron chi connectivity index (χ3n) is 4.88. The van der Waals surface area contributed by atoms with Gasteiger partial charge in [-0.2, -0.15) is 0 Å². The molecule has 0 saturated heterocycles. The topological polar surface area (TPSA) is 109 Å². The predicted molar refractivity (Wildman–Crippen MR) is 121 cm³/mol. The van der Waals surface area contributed by atoms with E-state index in [-0.39, 0.29) is 44.2 Å². The van der Waals surface area contributed by atoms with E-state index in [9.17, 15) is 19.7 Å². The molecule has 166 valence electrons. The molecule has 0 aliphatic carbocycles. The van der Waals surface area contributed by atoms with Crippen LogP contribution in [0.2, 0.25) is 5.02 Å². The summed E-state index contributed by atoms with van der Waals surface area (Å²) in [7, 11) is 0. The van der Waals surface area contributed by atoms with Crippen molar-refractivity contribution in [3.05, 3.63) is 103 Å². The minimum atomic E-state index is -0.812. The van der Waals surface area contributed by atoms with E-state index < -0.39 is 10.9 Å². The summed E-state index contributed by atoms with van der Waals surface area (Å²) in [4.78, 5) is 35.5. The quantitative estimate of drug-likeness (QED) is 0.150. The smallest absolute Gasteiger partial charge is 0.345 e. The Hall–Kier alpha value is -4.17. The predicted octanol–water partition coefficient (Wildman–Crippen LogP) is 5.93. The number of aryl methyl sites for hydroxylation is 1. The van der Waals surface area contributed by atoms with Crippen LogP contribution < -0.4 is 14.9 Å². The Kier molecular flexibility index (Phi) is 6.10. The lowest BCUT2D eigenvalue weighted by Gasteiger charge is -2.10. The van der Waals surface area contributed by atoms with Crippen LogP contribution in [0.25, 0.3) is 11.0 Å². The SMILES string of the molecule is CCc1ccccc1Oc1coc2cc(OC(=O)c3ccc([N+](=O)[O-])cc3Cl)ccc2c1=O. The number of para-hydroxylation sites is 1. The normalized spacial score (nSPS) is 10.7. The van der Waals surface area contributed by atoms with Gasteiger partial charge in [-0.3, -0.25) is 14.9 Å². The summed E-state index contributed by atoms with van der Waals surface area (Å²) in [5, 5.41) is 11.0. The number of carbonyl (C=O) groups is 1. The van der Waals surface area contributed by atoms with Gasteiger partial charge in [0.05, 0.1) is 20.9 Å². The van der Waals surface area contributed by atoms with Gasteiger partial charge in [0.1, 0.15) is 23.3 Å². The molecule has 0 unspecified atom stereocenters. The van der Waals surface area contributed by atoms with Crippen LogP contribution in [0.4, 0.5) is 5.69 Å². The number of rotatable bonds is 6. The largest absolute Gasteiger partial charge is 0.460 e. The van der Waals surface area contributed by atoms with Gasteiger partial charge in [0.15, 0.2) is 0 Å². The van der Waals surface area contributed by atoms with Crippen LogP contribution >= 0.6 is 11.6 Å². The van der Waals surface area contributed by atoms with Crippen LogP contribution in [0, 0.1) is 10.1 Å². The first-order chi connectivity index (χ1) is 15.9. The van der Waals surface area contributed by atoms with Gasteiger partial charge in [-0.05, 0) is 36.2 Å². The maximum absolute atomic E-state index is 12.9. The third-order valence-corrected chi connectivity index (χ3v) is 5.19. The van der Waals surface area contributed by atoms with Crippen LogP contribution in [0.5, 0.6) is 17.2 Å². The molecule has 0 spiro atoms. The zero-order valence-corrected chi connectivity index (χ0v) is 18.0. The van der Waals surface area contributed by atoms with E-state index in [2.05, 4.69) is 0 Å². The van der Waals surface area contributed by atoms with Crippen molar-refractivity contribution in [1.82, 2.24) is 0 Å². The van der Waals surface area contributed by atoms with Gasteiger partial charge in [0.2, 0.25) is 11.2 Å². The summed E-state index contributed by atoms with van der Waals surface area (Å²) < 4.78 is 16.6. The van der Waals surface area contributed by atoms with Crippen LogP contribution in [0.3, 0.4) is 0 Å². The summed E-state index contributed by atoms with van der Waals surface area (Å²) in [6.07, 6.45) is 1.94. The highest BCUT2D eigenvalue weighted by Gasteiger charge is 2.18. The van der Waals surface area contributed by atoms with Crippen LogP contribution in [0.1, 0.15) is 22.8 Å². The molecule has 0 aliphatic heterocycles. The molecule has 0 bridgehead atoms. The molecular weight excluding hydrogens is 450 g/mol. The number of non-ortho nitro benzene ring substituents is 1. The molecule has 0 amide bonds. The number of ether oxygens (including phenoxy) is 2. The van der Waals surface area contributed by atoms with E-state index in [1.165, 1.54) is 30.5 Å². The fourth-order valence-corrected chi connectivity index (χ4v) is 3.44. The van der Waals surface area contributed by atoms with E-state index in [1.807, 2.05) is 25.1 Å². The molecule has 33 heavy (non-hydrogen) atoms. The average Bonchev–Trinajstić information content (AvgIpc) is 2.81. The molecule has 0 aliphatic rings. The highest BCUT2D eigenvalue weighted by molar-refractivity contribution is 6.33. The third kappa shape index (κ3) is 4.56. The van der Waals surface area contributed by atoms with Crippen LogP contribution in [-0.2, 0) is 6.42 Å². The van der Waals surface area contributed by atoms with Crippen LogP contribution in [-0.4, -0.2) is 10.9 Å². The van der Waals surface area contributed by atoms with Crippen LogP contribution in [0.15, 0.2) is 76.1 Å². The molecule has 1 heterocycles. The molecular formula is C24H16ClNO7. The van der Waals surface area contributed by atoms with Crippen molar-refractivity contribution >= 4 is 34.2 Å². The van der Waals surface area contributed by atoms with E-state index in [0.29, 0.717) is 5.75 Å². The van der Waals surface area contributed by atoms with Gasteiger partial charge in [0.25, 0.3) is 5.69 Å². The minimum absolute atomic E-state index is 0.0332. The van der Waals surface area contributed by atoms with Crippen molar-refractivity contribution in [2.75, 3.05) is 0 Å². The summed E-state index contributed by atoms with van der Waals surface area (Å²) in [6, 6.07) is 15.1. The number of hydrogen-bond acceptors (Lipinski definition) is 7. The molecule has 3 aromatic carbocycles. The monoisotopic (exact) mass is 465 g/mol. The number of benzene rings is 3. The first-order valence-electron chi connectivity index (χ1n) is 9.85. The van der Waals surface area contributed by atoms with Crippen molar-refractivity contribution in [3.8, 4) is 17.2 Å². The first-order valence-corrected chi connectivity index (χ1v) is 10.2. The number of carbonyl (C=O) groups excluding carboxylic acids is 1. The Morgan fingerprint density at radius 3 is 2.61 bits per heavy atom. The summed E-state index contributed by atoms with van der Waals surface area (Å²) >= 11 is 5.98.